The second-order valence-electron chi connectivity index (χ2n) is 5.67. The predicted octanol–water partition coefficient (Wildman–Crippen LogP) is 1.71. The van der Waals surface area contributed by atoms with Crippen molar-refractivity contribution in [2.24, 2.45) is 5.41 Å². The smallest absolute Gasteiger partial charge is 0.339 e. The monoisotopic (exact) mass is 262 g/mol. The van der Waals surface area contributed by atoms with Gasteiger partial charge >= 0.3 is 5.97 Å². The van der Waals surface area contributed by atoms with Crippen LogP contribution in [0.1, 0.15) is 28.8 Å². The Balaban J connectivity index is 1.81. The van der Waals surface area contributed by atoms with Crippen molar-refractivity contribution in [3.8, 4) is 0 Å². The highest BCUT2D eigenvalue weighted by molar-refractivity contribution is 5.93. The Morgan fingerprint density at radius 3 is 2.63 bits per heavy atom. The highest BCUT2D eigenvalue weighted by atomic mass is 16.5. The van der Waals surface area contributed by atoms with Crippen molar-refractivity contribution < 1.29 is 14.6 Å². The first-order chi connectivity index (χ1) is 9.10. The molecule has 2 aliphatic heterocycles. The molecule has 1 spiro atoms. The lowest BCUT2D eigenvalue weighted by Gasteiger charge is -2.47. The Hall–Kier alpha value is -1.62. The molecule has 1 aromatic rings. The van der Waals surface area contributed by atoms with Gasteiger partial charge in [0.15, 0.2) is 0 Å². The summed E-state index contributed by atoms with van der Waals surface area (Å²) >= 11 is 0. The lowest BCUT2D eigenvalue weighted by molar-refractivity contribution is -0.124. The van der Waals surface area contributed by atoms with Gasteiger partial charge in [-0.1, -0.05) is 0 Å². The molecular formula is C14H18N2O3. The van der Waals surface area contributed by atoms with Crippen LogP contribution in [0.3, 0.4) is 0 Å². The van der Waals surface area contributed by atoms with Crippen LogP contribution >= 0.6 is 0 Å². The number of nitrogens with zero attached hydrogens (tertiary/aromatic N) is 2. The summed E-state index contributed by atoms with van der Waals surface area (Å²) < 4.78 is 5.31. The fourth-order valence-corrected chi connectivity index (χ4v) is 2.84. The van der Waals surface area contributed by atoms with Crippen molar-refractivity contribution in [2.45, 2.75) is 19.8 Å². The predicted molar refractivity (Wildman–Crippen MR) is 70.6 cm³/mol. The molecule has 0 aliphatic carbocycles. The van der Waals surface area contributed by atoms with E-state index in [-0.39, 0.29) is 0 Å². The molecule has 0 saturated carbocycles. The van der Waals surface area contributed by atoms with E-state index in [2.05, 4.69) is 9.88 Å². The maximum atomic E-state index is 11.3. The second-order valence-corrected chi connectivity index (χ2v) is 5.67. The third kappa shape index (κ3) is 2.18. The van der Waals surface area contributed by atoms with E-state index < -0.39 is 5.97 Å². The zero-order chi connectivity index (χ0) is 13.5. The topological polar surface area (TPSA) is 62.7 Å². The van der Waals surface area contributed by atoms with Gasteiger partial charge in [0.1, 0.15) is 11.4 Å². The summed E-state index contributed by atoms with van der Waals surface area (Å²) in [6.45, 7) is 5.29. The Morgan fingerprint density at radius 1 is 1.42 bits per heavy atom. The molecule has 102 valence electrons. The van der Waals surface area contributed by atoms with Crippen LogP contribution in [0.2, 0.25) is 0 Å². The van der Waals surface area contributed by atoms with Gasteiger partial charge in [-0.25, -0.2) is 9.78 Å². The van der Waals surface area contributed by atoms with Crippen LogP contribution in [0, 0.1) is 12.3 Å². The van der Waals surface area contributed by atoms with Gasteiger partial charge < -0.3 is 14.7 Å². The Morgan fingerprint density at radius 2 is 2.11 bits per heavy atom. The molecule has 2 fully saturated rings. The zero-order valence-corrected chi connectivity index (χ0v) is 11.1. The van der Waals surface area contributed by atoms with Crippen LogP contribution in [-0.4, -0.2) is 42.4 Å². The number of hydrogen-bond donors (Lipinski definition) is 1. The number of rotatable bonds is 2. The molecule has 0 amide bonds. The summed E-state index contributed by atoms with van der Waals surface area (Å²) in [4.78, 5) is 17.7. The second kappa shape index (κ2) is 4.49. The summed E-state index contributed by atoms with van der Waals surface area (Å²) in [5, 5.41) is 9.29. The molecule has 19 heavy (non-hydrogen) atoms. The minimum Gasteiger partial charge on any atom is -0.478 e. The van der Waals surface area contributed by atoms with E-state index in [1.54, 1.807) is 12.3 Å². The van der Waals surface area contributed by atoms with Gasteiger partial charge in [0.2, 0.25) is 0 Å². The molecule has 0 radical (unpaired) electrons. The number of aromatic nitrogens is 1. The average Bonchev–Trinajstić information content (AvgIpc) is 2.37. The molecule has 3 heterocycles. The van der Waals surface area contributed by atoms with Gasteiger partial charge in [0.05, 0.1) is 13.2 Å². The summed E-state index contributed by atoms with van der Waals surface area (Å²) in [5.41, 5.74) is 1.53. The van der Waals surface area contributed by atoms with Gasteiger partial charge in [0, 0.05) is 24.7 Å². The molecule has 2 aliphatic rings. The number of hydrogen-bond acceptors (Lipinski definition) is 4. The lowest BCUT2D eigenvalue weighted by atomic mass is 9.77. The van der Waals surface area contributed by atoms with E-state index in [0.29, 0.717) is 16.8 Å². The minimum absolute atomic E-state index is 0.306. The Kier molecular flexibility index (Phi) is 2.93. The zero-order valence-electron chi connectivity index (χ0n) is 11.1. The van der Waals surface area contributed by atoms with E-state index in [0.717, 1.165) is 44.7 Å². The van der Waals surface area contributed by atoms with Gasteiger partial charge in [-0.2, -0.15) is 0 Å². The third-order valence-corrected chi connectivity index (χ3v) is 4.17. The van der Waals surface area contributed by atoms with Crippen molar-refractivity contribution in [2.75, 3.05) is 31.2 Å². The van der Waals surface area contributed by atoms with E-state index >= 15 is 0 Å². The van der Waals surface area contributed by atoms with E-state index in [4.69, 9.17) is 4.74 Å². The number of carbonyl (C=O) groups is 1. The van der Waals surface area contributed by atoms with E-state index in [1.165, 1.54) is 0 Å². The first kappa shape index (κ1) is 12.4. The van der Waals surface area contributed by atoms with Crippen molar-refractivity contribution >= 4 is 11.8 Å². The van der Waals surface area contributed by atoms with Crippen molar-refractivity contribution in [3.05, 3.63) is 23.4 Å². The summed E-state index contributed by atoms with van der Waals surface area (Å²) in [6.07, 6.45) is 3.85. The highest BCUT2D eigenvalue weighted by Gasteiger charge is 2.41. The summed E-state index contributed by atoms with van der Waals surface area (Å²) in [5.74, 6) is -0.299. The summed E-state index contributed by atoms with van der Waals surface area (Å²) in [6, 6.07) is 1.70. The highest BCUT2D eigenvalue weighted by Crippen LogP contribution is 2.39. The van der Waals surface area contributed by atoms with Crippen LogP contribution in [0.25, 0.3) is 0 Å². The molecule has 3 rings (SSSR count). The van der Waals surface area contributed by atoms with Gasteiger partial charge in [-0.3, -0.25) is 0 Å². The lowest BCUT2D eigenvalue weighted by Crippen LogP contribution is -2.51. The number of piperidine rings is 1. The number of ether oxygens (including phenoxy) is 1. The maximum absolute atomic E-state index is 11.3. The Bertz CT molecular complexity index is 501. The van der Waals surface area contributed by atoms with Crippen molar-refractivity contribution in [3.63, 3.8) is 0 Å². The van der Waals surface area contributed by atoms with Crippen molar-refractivity contribution in [1.29, 1.82) is 0 Å². The third-order valence-electron chi connectivity index (χ3n) is 4.17. The quantitative estimate of drug-likeness (QED) is 0.879. The molecule has 0 aromatic carbocycles. The molecule has 1 aromatic heterocycles. The van der Waals surface area contributed by atoms with Crippen LogP contribution in [-0.2, 0) is 4.74 Å². The average molecular weight is 262 g/mol. The molecule has 5 heteroatoms. The molecule has 0 unspecified atom stereocenters. The van der Waals surface area contributed by atoms with Gasteiger partial charge in [-0.15, -0.1) is 0 Å². The van der Waals surface area contributed by atoms with Crippen molar-refractivity contribution in [1.82, 2.24) is 4.98 Å². The largest absolute Gasteiger partial charge is 0.478 e. The van der Waals surface area contributed by atoms with E-state index in [9.17, 15) is 9.90 Å². The number of pyridine rings is 1. The van der Waals surface area contributed by atoms with Gasteiger partial charge in [-0.05, 0) is 31.4 Å². The first-order valence-corrected chi connectivity index (χ1v) is 6.62. The molecule has 0 bridgehead atoms. The molecular weight excluding hydrogens is 244 g/mol. The minimum atomic E-state index is -0.904. The SMILES string of the molecule is Cc1cnc(N2CCC3(CC2)COC3)c(C(=O)O)c1. The molecule has 0 atom stereocenters. The van der Waals surface area contributed by atoms with Crippen LogP contribution in [0.4, 0.5) is 5.82 Å². The summed E-state index contributed by atoms with van der Waals surface area (Å²) in [7, 11) is 0. The number of carboxylic acids is 1. The van der Waals surface area contributed by atoms with Crippen LogP contribution < -0.4 is 4.90 Å². The maximum Gasteiger partial charge on any atom is 0.339 e. The first-order valence-electron chi connectivity index (χ1n) is 6.62. The fourth-order valence-electron chi connectivity index (χ4n) is 2.84. The van der Waals surface area contributed by atoms with Crippen LogP contribution in [0.15, 0.2) is 12.3 Å². The number of carboxylic acid groups (broad SMARTS) is 1. The standard InChI is InChI=1S/C14H18N2O3/c1-10-6-11(13(17)18)12(15-7-10)16-4-2-14(3-5-16)8-19-9-14/h6-7H,2-5,8-9H2,1H3,(H,17,18). The number of aromatic carboxylic acids is 1. The number of aryl methyl sites for hydroxylation is 1. The fraction of sp³-hybridized carbons (Fsp3) is 0.571. The van der Waals surface area contributed by atoms with Gasteiger partial charge in [0.25, 0.3) is 0 Å². The van der Waals surface area contributed by atoms with E-state index in [1.807, 2.05) is 6.92 Å². The molecule has 1 N–H and O–H groups in total. The molecule has 2 saturated heterocycles. The van der Waals surface area contributed by atoms with Crippen LogP contribution in [0.5, 0.6) is 0 Å². The molecule has 5 nitrogen and oxygen atoms in total. The Labute approximate surface area is 112 Å². The number of anilines is 1. The normalized spacial score (nSPS) is 21.2.